The van der Waals surface area contributed by atoms with Gasteiger partial charge in [0.2, 0.25) is 0 Å². The molecular weight excluding hydrogens is 250 g/mol. The Bertz CT molecular complexity index is 560. The van der Waals surface area contributed by atoms with Crippen molar-refractivity contribution in [2.75, 3.05) is 0 Å². The molecular formula is C15H21N5. The van der Waals surface area contributed by atoms with Gasteiger partial charge in [0.1, 0.15) is 0 Å². The topological polar surface area (TPSA) is 69.6 Å². The van der Waals surface area contributed by atoms with E-state index in [2.05, 4.69) is 34.6 Å². The fraction of sp³-hybridized carbons (Fsp3) is 0.533. The van der Waals surface area contributed by atoms with Crippen molar-refractivity contribution in [3.63, 3.8) is 0 Å². The quantitative estimate of drug-likeness (QED) is 0.931. The third kappa shape index (κ3) is 2.45. The SMILES string of the molecule is CC1CCCCC1n1nnnc1-c1ccc(CN)cc1. The van der Waals surface area contributed by atoms with Crippen LogP contribution in [0.3, 0.4) is 0 Å². The van der Waals surface area contributed by atoms with Crippen LogP contribution in [-0.4, -0.2) is 20.2 Å². The van der Waals surface area contributed by atoms with Gasteiger partial charge in [-0.3, -0.25) is 0 Å². The van der Waals surface area contributed by atoms with E-state index in [4.69, 9.17) is 5.73 Å². The van der Waals surface area contributed by atoms with Crippen LogP contribution < -0.4 is 5.73 Å². The number of nitrogens with two attached hydrogens (primary N) is 1. The summed E-state index contributed by atoms with van der Waals surface area (Å²) in [5.74, 6) is 1.50. The van der Waals surface area contributed by atoms with Crippen molar-refractivity contribution in [2.24, 2.45) is 11.7 Å². The van der Waals surface area contributed by atoms with E-state index in [0.717, 1.165) is 17.0 Å². The fourth-order valence-corrected chi connectivity index (χ4v) is 3.06. The molecule has 20 heavy (non-hydrogen) atoms. The van der Waals surface area contributed by atoms with E-state index < -0.39 is 0 Å². The van der Waals surface area contributed by atoms with E-state index in [1.54, 1.807) is 0 Å². The first-order valence-electron chi connectivity index (χ1n) is 7.37. The van der Waals surface area contributed by atoms with Gasteiger partial charge < -0.3 is 5.73 Å². The van der Waals surface area contributed by atoms with Gasteiger partial charge in [-0.25, -0.2) is 4.68 Å². The summed E-state index contributed by atoms with van der Waals surface area (Å²) in [5.41, 5.74) is 7.82. The van der Waals surface area contributed by atoms with Gasteiger partial charge >= 0.3 is 0 Å². The number of aromatic nitrogens is 4. The predicted molar refractivity (Wildman–Crippen MR) is 77.8 cm³/mol. The van der Waals surface area contributed by atoms with Crippen molar-refractivity contribution in [2.45, 2.75) is 45.2 Å². The Balaban J connectivity index is 1.92. The summed E-state index contributed by atoms with van der Waals surface area (Å²) >= 11 is 0. The lowest BCUT2D eigenvalue weighted by Crippen LogP contribution is -2.23. The van der Waals surface area contributed by atoms with Gasteiger partial charge in [0.15, 0.2) is 5.82 Å². The van der Waals surface area contributed by atoms with Crippen LogP contribution in [-0.2, 0) is 6.54 Å². The predicted octanol–water partition coefficient (Wildman–Crippen LogP) is 2.55. The van der Waals surface area contributed by atoms with Gasteiger partial charge in [-0.05, 0) is 34.7 Å². The second-order valence-corrected chi connectivity index (χ2v) is 5.68. The van der Waals surface area contributed by atoms with Crippen LogP contribution in [0.1, 0.15) is 44.2 Å². The Labute approximate surface area is 119 Å². The van der Waals surface area contributed by atoms with E-state index in [1.807, 2.05) is 16.8 Å². The molecule has 1 aromatic carbocycles. The first kappa shape index (κ1) is 13.2. The van der Waals surface area contributed by atoms with Crippen LogP contribution in [0.15, 0.2) is 24.3 Å². The van der Waals surface area contributed by atoms with Gasteiger partial charge in [0.05, 0.1) is 6.04 Å². The van der Waals surface area contributed by atoms with Crippen molar-refractivity contribution in [3.05, 3.63) is 29.8 Å². The van der Waals surface area contributed by atoms with Gasteiger partial charge in [0.25, 0.3) is 0 Å². The lowest BCUT2D eigenvalue weighted by atomic mass is 9.86. The summed E-state index contributed by atoms with van der Waals surface area (Å²) < 4.78 is 2.02. The van der Waals surface area contributed by atoms with Crippen molar-refractivity contribution in [1.82, 2.24) is 20.2 Å². The van der Waals surface area contributed by atoms with Crippen LogP contribution >= 0.6 is 0 Å². The smallest absolute Gasteiger partial charge is 0.182 e. The second-order valence-electron chi connectivity index (χ2n) is 5.68. The van der Waals surface area contributed by atoms with E-state index in [9.17, 15) is 0 Å². The van der Waals surface area contributed by atoms with Crippen LogP contribution in [0.4, 0.5) is 0 Å². The van der Waals surface area contributed by atoms with E-state index in [0.29, 0.717) is 18.5 Å². The minimum Gasteiger partial charge on any atom is -0.326 e. The zero-order chi connectivity index (χ0) is 13.9. The number of hydrogen-bond donors (Lipinski definition) is 1. The summed E-state index contributed by atoms with van der Waals surface area (Å²) in [6, 6.07) is 8.61. The van der Waals surface area contributed by atoms with Gasteiger partial charge in [-0.1, -0.05) is 44.0 Å². The molecule has 2 unspecified atom stereocenters. The van der Waals surface area contributed by atoms with Crippen molar-refractivity contribution in [3.8, 4) is 11.4 Å². The van der Waals surface area contributed by atoms with Crippen molar-refractivity contribution >= 4 is 0 Å². The first-order chi connectivity index (χ1) is 9.79. The number of hydrogen-bond acceptors (Lipinski definition) is 4. The average Bonchev–Trinajstić information content (AvgIpc) is 2.97. The number of nitrogens with zero attached hydrogens (tertiary/aromatic N) is 4. The molecule has 0 radical (unpaired) electrons. The maximum absolute atomic E-state index is 5.64. The maximum Gasteiger partial charge on any atom is 0.182 e. The Morgan fingerprint density at radius 3 is 2.65 bits per heavy atom. The van der Waals surface area contributed by atoms with E-state index >= 15 is 0 Å². The zero-order valence-corrected chi connectivity index (χ0v) is 11.9. The molecule has 0 saturated heterocycles. The molecule has 5 heteroatoms. The normalized spacial score (nSPS) is 22.9. The molecule has 1 fully saturated rings. The number of benzene rings is 1. The molecule has 0 spiro atoms. The lowest BCUT2D eigenvalue weighted by Gasteiger charge is -2.29. The van der Waals surface area contributed by atoms with Crippen LogP contribution in [0.25, 0.3) is 11.4 Å². The molecule has 2 N–H and O–H groups in total. The molecule has 1 aliphatic rings. The summed E-state index contributed by atoms with van der Waals surface area (Å²) in [6.07, 6.45) is 5.01. The van der Waals surface area contributed by atoms with Crippen LogP contribution in [0, 0.1) is 5.92 Å². The second kappa shape index (κ2) is 5.71. The third-order valence-corrected chi connectivity index (χ3v) is 4.32. The highest BCUT2D eigenvalue weighted by Crippen LogP contribution is 2.35. The Kier molecular flexibility index (Phi) is 3.78. The molecule has 2 atom stereocenters. The third-order valence-electron chi connectivity index (χ3n) is 4.32. The Hall–Kier alpha value is -1.75. The highest BCUT2D eigenvalue weighted by molar-refractivity contribution is 5.55. The molecule has 2 aromatic rings. The molecule has 0 bridgehead atoms. The Morgan fingerprint density at radius 2 is 1.95 bits per heavy atom. The number of tetrazole rings is 1. The summed E-state index contributed by atoms with van der Waals surface area (Å²) in [4.78, 5) is 0. The molecule has 1 heterocycles. The van der Waals surface area contributed by atoms with Crippen molar-refractivity contribution in [1.29, 1.82) is 0 Å². The monoisotopic (exact) mass is 271 g/mol. The van der Waals surface area contributed by atoms with E-state index in [1.165, 1.54) is 25.7 Å². The molecule has 106 valence electrons. The maximum atomic E-state index is 5.64. The van der Waals surface area contributed by atoms with Gasteiger partial charge in [-0.15, -0.1) is 5.10 Å². The highest BCUT2D eigenvalue weighted by Gasteiger charge is 2.26. The Morgan fingerprint density at radius 1 is 1.20 bits per heavy atom. The summed E-state index contributed by atoms with van der Waals surface area (Å²) in [7, 11) is 0. The molecule has 0 aliphatic heterocycles. The molecule has 1 saturated carbocycles. The zero-order valence-electron chi connectivity index (χ0n) is 11.9. The molecule has 1 aromatic heterocycles. The summed E-state index contributed by atoms with van der Waals surface area (Å²) in [5, 5.41) is 12.4. The van der Waals surface area contributed by atoms with Crippen LogP contribution in [0.5, 0.6) is 0 Å². The van der Waals surface area contributed by atoms with E-state index in [-0.39, 0.29) is 0 Å². The van der Waals surface area contributed by atoms with Crippen LogP contribution in [0.2, 0.25) is 0 Å². The van der Waals surface area contributed by atoms with Gasteiger partial charge in [-0.2, -0.15) is 0 Å². The fourth-order valence-electron chi connectivity index (χ4n) is 3.06. The minimum absolute atomic E-state index is 0.419. The largest absolute Gasteiger partial charge is 0.326 e. The lowest BCUT2D eigenvalue weighted by molar-refractivity contribution is 0.239. The molecule has 1 aliphatic carbocycles. The minimum atomic E-state index is 0.419. The first-order valence-corrected chi connectivity index (χ1v) is 7.37. The molecule has 5 nitrogen and oxygen atoms in total. The number of rotatable bonds is 3. The average molecular weight is 271 g/mol. The molecule has 3 rings (SSSR count). The summed E-state index contributed by atoms with van der Waals surface area (Å²) in [6.45, 7) is 2.86. The molecule has 0 amide bonds. The standard InChI is InChI=1S/C15H21N5/c1-11-4-2-3-5-14(11)20-15(17-18-19-20)13-8-6-12(10-16)7-9-13/h6-9,11,14H,2-5,10,16H2,1H3. The van der Waals surface area contributed by atoms with Crippen molar-refractivity contribution < 1.29 is 0 Å². The highest BCUT2D eigenvalue weighted by atomic mass is 15.5. The van der Waals surface area contributed by atoms with Gasteiger partial charge in [0, 0.05) is 12.1 Å².